The van der Waals surface area contributed by atoms with Crippen LogP contribution in [0.1, 0.15) is 73.0 Å². The highest BCUT2D eigenvalue weighted by Gasteiger charge is 2.45. The smallest absolute Gasteiger partial charge is 0.362 e. The van der Waals surface area contributed by atoms with Crippen molar-refractivity contribution in [3.63, 3.8) is 0 Å². The molecule has 4 aromatic rings. The normalized spacial score (nSPS) is 12.0. The van der Waals surface area contributed by atoms with Crippen molar-refractivity contribution >= 4 is 17.9 Å². The number of carbonyl (C=O) groups excluding carboxylic acids is 3. The minimum absolute atomic E-state index is 0.0132. The maximum absolute atomic E-state index is 15.8. The molecule has 300 valence electrons. The van der Waals surface area contributed by atoms with Crippen molar-refractivity contribution < 1.29 is 56.3 Å². The van der Waals surface area contributed by atoms with Crippen molar-refractivity contribution in [2.45, 2.75) is 57.3 Å². The molecular weight excluding hydrogens is 742 g/mol. The first-order valence-corrected chi connectivity index (χ1v) is 18.6. The van der Waals surface area contributed by atoms with E-state index in [4.69, 9.17) is 33.2 Å². The van der Waals surface area contributed by atoms with E-state index < -0.39 is 23.8 Å². The topological polar surface area (TPSA) is 142 Å². The zero-order valence-electron chi connectivity index (χ0n) is 31.4. The van der Waals surface area contributed by atoms with Crippen molar-refractivity contribution in [2.24, 2.45) is 0 Å². The van der Waals surface area contributed by atoms with Crippen LogP contribution in [0, 0.1) is 0 Å². The molecule has 0 saturated heterocycles. The van der Waals surface area contributed by atoms with Crippen molar-refractivity contribution in [3.05, 3.63) is 115 Å². The van der Waals surface area contributed by atoms with E-state index in [1.165, 1.54) is 36.7 Å². The fourth-order valence-corrected chi connectivity index (χ4v) is 5.73. The van der Waals surface area contributed by atoms with Gasteiger partial charge in [0.2, 0.25) is 12.7 Å². The number of alkyl halides is 2. The molecular formula is C43H44F2N2O10. The van der Waals surface area contributed by atoms with Crippen LogP contribution in [-0.4, -0.2) is 61.1 Å². The molecule has 1 aliphatic carbocycles. The lowest BCUT2D eigenvalue weighted by molar-refractivity contribution is -0.138. The predicted molar refractivity (Wildman–Crippen MR) is 205 cm³/mol. The number of rotatable bonds is 24. The van der Waals surface area contributed by atoms with Crippen LogP contribution in [0.4, 0.5) is 8.78 Å². The molecule has 5 rings (SSSR count). The highest BCUT2D eigenvalue weighted by atomic mass is 19.3. The molecule has 0 N–H and O–H groups in total. The summed E-state index contributed by atoms with van der Waals surface area (Å²) in [7, 11) is 0. The van der Waals surface area contributed by atoms with Crippen LogP contribution in [0.25, 0.3) is 11.1 Å². The lowest BCUT2D eigenvalue weighted by Gasteiger charge is -2.14. The van der Waals surface area contributed by atoms with Gasteiger partial charge in [-0.15, -0.1) is 0 Å². The highest BCUT2D eigenvalue weighted by molar-refractivity contribution is 5.89. The van der Waals surface area contributed by atoms with Gasteiger partial charge in [-0.3, -0.25) is 0 Å². The maximum atomic E-state index is 15.8. The van der Waals surface area contributed by atoms with Crippen LogP contribution in [0.15, 0.2) is 98.4 Å². The number of pyridine rings is 2. The number of hydrogen-bond acceptors (Lipinski definition) is 12. The number of fused-ring (bicyclic) bond motifs is 3. The molecule has 0 spiro atoms. The largest absolute Gasteiger partial charge is 0.492 e. The Labute approximate surface area is 329 Å². The van der Waals surface area contributed by atoms with E-state index in [2.05, 4.69) is 23.1 Å². The molecule has 0 fully saturated rings. The van der Waals surface area contributed by atoms with Gasteiger partial charge in [-0.05, 0) is 105 Å². The lowest BCUT2D eigenvalue weighted by Crippen LogP contribution is -2.13. The maximum Gasteiger partial charge on any atom is 0.362 e. The molecule has 0 unspecified atom stereocenters. The minimum Gasteiger partial charge on any atom is -0.492 e. The van der Waals surface area contributed by atoms with Gasteiger partial charge in [0.1, 0.15) is 28.7 Å². The fourth-order valence-electron chi connectivity index (χ4n) is 5.73. The van der Waals surface area contributed by atoms with Gasteiger partial charge in [-0.25, -0.2) is 24.4 Å². The monoisotopic (exact) mass is 786 g/mol. The quantitative estimate of drug-likeness (QED) is 0.0221. The van der Waals surface area contributed by atoms with Crippen LogP contribution in [-0.2, 0) is 25.0 Å². The van der Waals surface area contributed by atoms with Crippen LogP contribution < -0.4 is 23.7 Å². The van der Waals surface area contributed by atoms with Gasteiger partial charge in [-0.1, -0.05) is 25.3 Å². The Morgan fingerprint density at radius 1 is 0.579 bits per heavy atom. The zero-order chi connectivity index (χ0) is 40.5. The van der Waals surface area contributed by atoms with Gasteiger partial charge in [-0.2, -0.15) is 8.78 Å². The average molecular weight is 787 g/mol. The second-order valence-corrected chi connectivity index (χ2v) is 12.8. The summed E-state index contributed by atoms with van der Waals surface area (Å²) in [6.45, 7) is 8.10. The lowest BCUT2D eigenvalue weighted by atomic mass is 10.1. The van der Waals surface area contributed by atoms with Crippen molar-refractivity contribution in [3.8, 4) is 40.0 Å². The van der Waals surface area contributed by atoms with Gasteiger partial charge < -0.3 is 33.2 Å². The van der Waals surface area contributed by atoms with Crippen LogP contribution in [0.5, 0.6) is 28.9 Å². The third-order valence-corrected chi connectivity index (χ3v) is 8.68. The van der Waals surface area contributed by atoms with Gasteiger partial charge in [0.05, 0.1) is 38.8 Å². The third kappa shape index (κ3) is 12.3. The summed E-state index contributed by atoms with van der Waals surface area (Å²) in [6, 6.07) is 14.8. The average Bonchev–Trinajstić information content (AvgIpc) is 3.44. The summed E-state index contributed by atoms with van der Waals surface area (Å²) < 4.78 is 69.4. The number of hydrogen-bond donors (Lipinski definition) is 0. The molecule has 0 bridgehead atoms. The number of ether oxygens (including phenoxy) is 7. The molecule has 0 saturated carbocycles. The van der Waals surface area contributed by atoms with Crippen molar-refractivity contribution in [1.82, 2.24) is 9.97 Å². The van der Waals surface area contributed by atoms with E-state index in [-0.39, 0.29) is 41.0 Å². The standard InChI is InChI=1S/C43H44F2N2O10/c1-3-40(48)53-23-11-7-5-9-21-51-32-15-19-38(46-27-32)42(50)57-31-14-18-35-34-17-13-30(25-36(34)43(44,45)37(35)26-31)55-29-56-39-20-16-33(28-47-39)52-22-10-6-8-12-24-54-41(49)4-2/h3-4,13-20,25-28H,1-2,5-12,21-24,29H2. The van der Waals surface area contributed by atoms with E-state index >= 15 is 8.78 Å². The first-order chi connectivity index (χ1) is 27.7. The number of esters is 3. The molecule has 14 heteroatoms. The van der Waals surface area contributed by atoms with E-state index in [1.54, 1.807) is 30.3 Å². The van der Waals surface area contributed by atoms with Crippen LogP contribution in [0.2, 0.25) is 0 Å². The van der Waals surface area contributed by atoms with Gasteiger partial charge in [0.15, 0.2) is 0 Å². The van der Waals surface area contributed by atoms with E-state index in [0.29, 0.717) is 49.1 Å². The molecule has 2 heterocycles. The Bertz CT molecular complexity index is 1990. The summed E-state index contributed by atoms with van der Waals surface area (Å²) in [6.07, 6.45) is 11.9. The number of benzene rings is 2. The SMILES string of the molecule is C=CC(=O)OCCCCCCOc1ccc(OCOc2ccc3c(c2)C(F)(F)c2cc(OC(=O)c4ccc(OCCCCCCOC(=O)C=C)cn4)ccc2-3)nc1. The molecule has 2 aromatic heterocycles. The van der Waals surface area contributed by atoms with Gasteiger partial charge in [0.25, 0.3) is 5.92 Å². The number of halogens is 2. The van der Waals surface area contributed by atoms with Crippen molar-refractivity contribution in [1.29, 1.82) is 0 Å². The zero-order valence-corrected chi connectivity index (χ0v) is 31.4. The molecule has 0 atom stereocenters. The van der Waals surface area contributed by atoms with E-state index in [0.717, 1.165) is 69.6 Å². The van der Waals surface area contributed by atoms with E-state index in [1.807, 2.05) is 0 Å². The number of aromatic nitrogens is 2. The minimum atomic E-state index is -3.39. The number of unbranched alkanes of at least 4 members (excludes halogenated alkanes) is 6. The van der Waals surface area contributed by atoms with Crippen molar-refractivity contribution in [2.75, 3.05) is 33.2 Å². The molecule has 1 aliphatic rings. The summed E-state index contributed by atoms with van der Waals surface area (Å²) in [5.41, 5.74) is 0.0788. The molecule has 2 aromatic carbocycles. The Morgan fingerprint density at radius 2 is 1.09 bits per heavy atom. The molecule has 0 radical (unpaired) electrons. The Kier molecular flexibility index (Phi) is 15.5. The second-order valence-electron chi connectivity index (χ2n) is 12.8. The Morgan fingerprint density at radius 3 is 1.61 bits per heavy atom. The summed E-state index contributed by atoms with van der Waals surface area (Å²) in [5.74, 6) is -3.62. The molecule has 57 heavy (non-hydrogen) atoms. The second kappa shape index (κ2) is 21.1. The highest BCUT2D eigenvalue weighted by Crippen LogP contribution is 2.52. The number of carbonyl (C=O) groups is 3. The van der Waals surface area contributed by atoms with Gasteiger partial charge >= 0.3 is 17.9 Å². The first-order valence-electron chi connectivity index (χ1n) is 18.6. The molecule has 12 nitrogen and oxygen atoms in total. The fraction of sp³-hybridized carbons (Fsp3) is 0.326. The summed E-state index contributed by atoms with van der Waals surface area (Å²) >= 11 is 0. The van der Waals surface area contributed by atoms with Crippen LogP contribution >= 0.6 is 0 Å². The molecule has 0 aliphatic heterocycles. The number of nitrogens with zero attached hydrogens (tertiary/aromatic N) is 2. The van der Waals surface area contributed by atoms with Crippen LogP contribution in [0.3, 0.4) is 0 Å². The van der Waals surface area contributed by atoms with E-state index in [9.17, 15) is 14.4 Å². The Hall–Kier alpha value is -6.31. The van der Waals surface area contributed by atoms with Gasteiger partial charge in [0, 0.05) is 29.3 Å². The molecule has 0 amide bonds. The summed E-state index contributed by atoms with van der Waals surface area (Å²) in [4.78, 5) is 43.2. The first kappa shape index (κ1) is 41.8. The Balaban J connectivity index is 1.03. The summed E-state index contributed by atoms with van der Waals surface area (Å²) in [5, 5.41) is 0. The predicted octanol–water partition coefficient (Wildman–Crippen LogP) is 8.57. The third-order valence-electron chi connectivity index (χ3n) is 8.68.